The van der Waals surface area contributed by atoms with Gasteiger partial charge in [-0.3, -0.25) is 0 Å². The molecule has 0 atom stereocenters. The fourth-order valence-electron chi connectivity index (χ4n) is 0.978. The Hall–Kier alpha value is -1.51. The van der Waals surface area contributed by atoms with Gasteiger partial charge in [0, 0.05) is 0 Å². The Kier molecular flexibility index (Phi) is 7.01. The molecule has 16 heavy (non-hydrogen) atoms. The van der Waals surface area contributed by atoms with Crippen LogP contribution in [0.5, 0.6) is 0 Å². The van der Waals surface area contributed by atoms with Gasteiger partial charge in [0.2, 0.25) is 0 Å². The van der Waals surface area contributed by atoms with E-state index in [1.165, 1.54) is 38.5 Å². The average molecular weight is 238 g/mol. The predicted octanol–water partition coefficient (Wildman–Crippen LogP) is 0.492. The minimum absolute atomic E-state index is 0.403. The molecule has 0 amide bonds. The fraction of sp³-hybridized carbons (Fsp3) is 0.200. The molecule has 0 fully saturated rings. The maximum atomic E-state index is 11.0. The number of rotatable bonds is 2. The van der Waals surface area contributed by atoms with E-state index in [4.69, 9.17) is 3.80 Å². The quantitative estimate of drug-likeness (QED) is 0.554. The zero-order valence-corrected chi connectivity index (χ0v) is 10.5. The van der Waals surface area contributed by atoms with Gasteiger partial charge in [-0.05, 0) is 24.3 Å². The van der Waals surface area contributed by atoms with E-state index < -0.39 is 11.9 Å². The first kappa shape index (κ1) is 14.5. The monoisotopic (exact) mass is 238 g/mol. The first-order valence-corrected chi connectivity index (χ1v) is 4.82. The fourth-order valence-corrected chi connectivity index (χ4v) is 0.978. The van der Waals surface area contributed by atoms with E-state index >= 15 is 0 Å². The van der Waals surface area contributed by atoms with Crippen LogP contribution < -0.4 is 0 Å². The number of ether oxygens (including phenoxy) is 2. The summed E-state index contributed by atoms with van der Waals surface area (Å²) in [5, 5.41) is 0. The summed E-state index contributed by atoms with van der Waals surface area (Å²) < 4.78 is 17.3. The van der Waals surface area contributed by atoms with E-state index in [0.717, 1.165) is 0 Å². The molecule has 0 unspecified atom stereocenters. The van der Waals surface area contributed by atoms with Crippen molar-refractivity contribution in [2.45, 2.75) is 0 Å². The first-order valence-electron chi connectivity index (χ1n) is 4.24. The molecule has 5 nitrogen and oxygen atoms in total. The molecule has 1 aromatic carbocycles. The summed E-state index contributed by atoms with van der Waals surface area (Å²) in [6, 6.07) is 6.05. The molecule has 0 bridgehead atoms. The van der Waals surface area contributed by atoms with Crippen LogP contribution in [0.2, 0.25) is 0 Å². The van der Waals surface area contributed by atoms with E-state index in [0.29, 0.717) is 27.4 Å². The standard InChI is InChI=1S/C10H10O4.Al.O.H/c1-13-9(11)7-3-5-8(6-4-7)10(12)14-2;;;/h3-6H,1-2H3;;;. The number of esters is 2. The Bertz CT molecular complexity index is 325. The topological polar surface area (TPSA) is 69.7 Å². The molecular weight excluding hydrogens is 227 g/mol. The summed E-state index contributed by atoms with van der Waals surface area (Å²) in [6.07, 6.45) is 0. The molecule has 0 saturated heterocycles. The molecule has 84 valence electrons. The van der Waals surface area contributed by atoms with Crippen LogP contribution in [-0.4, -0.2) is 42.4 Å². The summed E-state index contributed by atoms with van der Waals surface area (Å²) in [5.74, 6) is -0.858. The molecule has 0 aliphatic rings. The molecular formula is C10H11AlO5. The van der Waals surface area contributed by atoms with Gasteiger partial charge >= 0.3 is 32.0 Å². The SMILES string of the molecule is COC(=O)c1ccc(C(=O)OC)cc1.[O]=[AlH]. The molecule has 1 rings (SSSR count). The van der Waals surface area contributed by atoms with Crippen molar-refractivity contribution in [1.82, 2.24) is 0 Å². The molecule has 1 aromatic rings. The van der Waals surface area contributed by atoms with Gasteiger partial charge in [-0.1, -0.05) is 0 Å². The molecule has 0 aliphatic heterocycles. The Morgan fingerprint density at radius 2 is 1.12 bits per heavy atom. The van der Waals surface area contributed by atoms with Crippen LogP contribution in [0.25, 0.3) is 0 Å². The number of hydrogen-bond acceptors (Lipinski definition) is 5. The Morgan fingerprint density at radius 1 is 0.875 bits per heavy atom. The number of carbonyl (C=O) groups is 2. The van der Waals surface area contributed by atoms with Gasteiger partial charge in [0.15, 0.2) is 0 Å². The third-order valence-corrected chi connectivity index (χ3v) is 1.73. The van der Waals surface area contributed by atoms with Crippen molar-refractivity contribution in [3.8, 4) is 0 Å². The second kappa shape index (κ2) is 7.74. The zero-order chi connectivity index (χ0) is 12.6. The van der Waals surface area contributed by atoms with Crippen molar-refractivity contribution < 1.29 is 22.9 Å². The Balaban J connectivity index is 0.00000106. The third kappa shape index (κ3) is 3.93. The number of hydrogen-bond donors (Lipinski definition) is 0. The van der Waals surface area contributed by atoms with E-state index in [9.17, 15) is 9.59 Å². The molecule has 0 aromatic heterocycles. The molecule has 0 saturated carbocycles. The van der Waals surface area contributed by atoms with E-state index in [1.54, 1.807) is 0 Å². The summed E-state index contributed by atoms with van der Waals surface area (Å²) in [7, 11) is 2.60. The van der Waals surface area contributed by atoms with Crippen LogP contribution in [0.1, 0.15) is 20.7 Å². The molecule has 0 aliphatic carbocycles. The minimum atomic E-state index is -0.429. The van der Waals surface area contributed by atoms with Gasteiger partial charge < -0.3 is 9.47 Å². The van der Waals surface area contributed by atoms with Crippen LogP contribution in [-0.2, 0) is 13.3 Å². The summed E-state index contributed by atoms with van der Waals surface area (Å²) in [6.45, 7) is 0. The van der Waals surface area contributed by atoms with Crippen LogP contribution in [0, 0.1) is 0 Å². The van der Waals surface area contributed by atoms with E-state index in [-0.39, 0.29) is 0 Å². The van der Waals surface area contributed by atoms with Gasteiger partial charge in [-0.2, -0.15) is 0 Å². The second-order valence-electron chi connectivity index (χ2n) is 2.56. The van der Waals surface area contributed by atoms with Gasteiger partial charge in [0.05, 0.1) is 25.3 Å². The predicted molar refractivity (Wildman–Crippen MR) is 57.0 cm³/mol. The molecule has 0 radical (unpaired) electrons. The summed E-state index contributed by atoms with van der Waals surface area (Å²) >= 11 is 0.611. The van der Waals surface area contributed by atoms with Gasteiger partial charge in [-0.25, -0.2) is 9.59 Å². The van der Waals surface area contributed by atoms with E-state index in [2.05, 4.69) is 9.47 Å². The van der Waals surface area contributed by atoms with Crippen molar-refractivity contribution in [2.75, 3.05) is 14.2 Å². The van der Waals surface area contributed by atoms with Crippen molar-refractivity contribution in [3.05, 3.63) is 35.4 Å². The number of benzene rings is 1. The zero-order valence-electron chi connectivity index (χ0n) is 9.06. The Labute approximate surface area is 101 Å². The summed E-state index contributed by atoms with van der Waals surface area (Å²) in [4.78, 5) is 22.1. The van der Waals surface area contributed by atoms with Crippen molar-refractivity contribution in [2.24, 2.45) is 0 Å². The average Bonchev–Trinajstić information content (AvgIpc) is 2.39. The maximum absolute atomic E-state index is 11.0. The van der Waals surface area contributed by atoms with E-state index in [1.807, 2.05) is 0 Å². The molecule has 6 heteroatoms. The van der Waals surface area contributed by atoms with Gasteiger partial charge in [-0.15, -0.1) is 0 Å². The molecule has 0 heterocycles. The molecule has 0 N–H and O–H groups in total. The second-order valence-corrected chi connectivity index (χ2v) is 2.56. The first-order chi connectivity index (χ1) is 7.69. The van der Waals surface area contributed by atoms with Crippen molar-refractivity contribution >= 4 is 28.2 Å². The van der Waals surface area contributed by atoms with Crippen LogP contribution in [0.3, 0.4) is 0 Å². The number of methoxy groups -OCH3 is 2. The molecule has 0 spiro atoms. The normalized spacial score (nSPS) is 8.31. The van der Waals surface area contributed by atoms with Crippen molar-refractivity contribution in [3.63, 3.8) is 0 Å². The van der Waals surface area contributed by atoms with Crippen LogP contribution in [0.15, 0.2) is 24.3 Å². The van der Waals surface area contributed by atoms with Crippen LogP contribution >= 0.6 is 0 Å². The Morgan fingerprint density at radius 3 is 1.31 bits per heavy atom. The van der Waals surface area contributed by atoms with Crippen molar-refractivity contribution in [1.29, 1.82) is 0 Å². The van der Waals surface area contributed by atoms with Crippen LogP contribution in [0.4, 0.5) is 0 Å². The van der Waals surface area contributed by atoms with Gasteiger partial charge in [0.1, 0.15) is 0 Å². The van der Waals surface area contributed by atoms with Gasteiger partial charge in [0.25, 0.3) is 0 Å². The number of carbonyl (C=O) groups excluding carboxylic acids is 2. The summed E-state index contributed by atoms with van der Waals surface area (Å²) in [5.41, 5.74) is 0.806. The third-order valence-electron chi connectivity index (χ3n) is 1.73.